The predicted molar refractivity (Wildman–Crippen MR) is 133 cm³/mol. The summed E-state index contributed by atoms with van der Waals surface area (Å²) in [5, 5.41) is 20.2. The van der Waals surface area contributed by atoms with Gasteiger partial charge in [-0.3, -0.25) is 15.9 Å². The fourth-order valence-electron chi connectivity index (χ4n) is 3.58. The Kier molecular flexibility index (Phi) is 6.52. The van der Waals surface area contributed by atoms with E-state index in [9.17, 15) is 0 Å². The van der Waals surface area contributed by atoms with Crippen LogP contribution in [0.4, 0.5) is 21.5 Å². The zero-order chi connectivity index (χ0) is 24.1. The molecule has 0 aliphatic heterocycles. The predicted octanol–water partition coefficient (Wildman–Crippen LogP) is 4.63. The minimum absolute atomic E-state index is 0.256. The van der Waals surface area contributed by atoms with Gasteiger partial charge >= 0.3 is 0 Å². The van der Waals surface area contributed by atoms with Gasteiger partial charge in [-0.1, -0.05) is 12.1 Å². The summed E-state index contributed by atoms with van der Waals surface area (Å²) in [7, 11) is 0. The summed E-state index contributed by atoms with van der Waals surface area (Å²) in [6, 6.07) is 17.5. The maximum atomic E-state index is 15.1. The van der Waals surface area contributed by atoms with Crippen molar-refractivity contribution in [3.63, 3.8) is 0 Å². The lowest BCUT2D eigenvalue weighted by molar-refractivity contribution is 0.625. The van der Waals surface area contributed by atoms with Crippen molar-refractivity contribution in [1.29, 1.82) is 5.26 Å². The molecule has 9 heteroatoms. The monoisotopic (exact) mass is 454 g/mol. The van der Waals surface area contributed by atoms with Crippen LogP contribution in [-0.4, -0.2) is 15.9 Å². The van der Waals surface area contributed by atoms with Crippen LogP contribution in [0.3, 0.4) is 0 Å². The SMILES string of the molecule is CC(N=C(/C=C\N)c1cc(Nc2ccc3cn[nH]c3c2)c(NN)cc1F)c1ccc(C#N)cc1. The average molecular weight is 455 g/mol. The Morgan fingerprint density at radius 2 is 1.97 bits per heavy atom. The number of nitrogens with zero attached hydrogens (tertiary/aromatic N) is 3. The molecule has 7 N–H and O–H groups in total. The zero-order valence-corrected chi connectivity index (χ0v) is 18.4. The van der Waals surface area contributed by atoms with Crippen molar-refractivity contribution in [2.24, 2.45) is 16.6 Å². The van der Waals surface area contributed by atoms with E-state index in [0.29, 0.717) is 22.6 Å². The maximum absolute atomic E-state index is 15.1. The molecule has 1 heterocycles. The van der Waals surface area contributed by atoms with Crippen LogP contribution >= 0.6 is 0 Å². The van der Waals surface area contributed by atoms with Crippen LogP contribution in [0.25, 0.3) is 10.9 Å². The highest BCUT2D eigenvalue weighted by molar-refractivity contribution is 6.10. The quantitative estimate of drug-likeness (QED) is 0.157. The molecule has 0 fully saturated rings. The Balaban J connectivity index is 1.72. The molecule has 4 rings (SSSR count). The van der Waals surface area contributed by atoms with Gasteiger partial charge in [-0.15, -0.1) is 0 Å². The van der Waals surface area contributed by atoms with Crippen molar-refractivity contribution in [3.05, 3.63) is 95.6 Å². The summed E-state index contributed by atoms with van der Waals surface area (Å²) in [5.41, 5.74) is 12.8. The molecule has 0 radical (unpaired) electrons. The lowest BCUT2D eigenvalue weighted by Gasteiger charge is -2.16. The number of benzene rings is 3. The van der Waals surface area contributed by atoms with Gasteiger partial charge < -0.3 is 16.5 Å². The molecule has 170 valence electrons. The van der Waals surface area contributed by atoms with Crippen LogP contribution in [0.5, 0.6) is 0 Å². The molecule has 8 nitrogen and oxygen atoms in total. The van der Waals surface area contributed by atoms with Crippen LogP contribution in [0.15, 0.2) is 78.1 Å². The first kappa shape index (κ1) is 22.5. The van der Waals surface area contributed by atoms with Crippen molar-refractivity contribution >= 4 is 33.7 Å². The van der Waals surface area contributed by atoms with Gasteiger partial charge in [-0.05, 0) is 61.2 Å². The maximum Gasteiger partial charge on any atom is 0.134 e. The second-order valence-electron chi connectivity index (χ2n) is 7.60. The summed E-state index contributed by atoms with van der Waals surface area (Å²) in [5.74, 6) is 5.14. The Hall–Kier alpha value is -4.68. The molecule has 0 aliphatic rings. The van der Waals surface area contributed by atoms with Crippen molar-refractivity contribution in [2.75, 3.05) is 10.7 Å². The molecule has 0 bridgehead atoms. The number of aromatic nitrogens is 2. The van der Waals surface area contributed by atoms with Gasteiger partial charge in [-0.2, -0.15) is 10.4 Å². The highest BCUT2D eigenvalue weighted by Gasteiger charge is 2.15. The number of hydrogen-bond acceptors (Lipinski definition) is 7. The van der Waals surface area contributed by atoms with Crippen LogP contribution < -0.4 is 22.3 Å². The van der Waals surface area contributed by atoms with E-state index in [0.717, 1.165) is 22.2 Å². The largest absolute Gasteiger partial charge is 0.405 e. The molecule has 1 unspecified atom stereocenters. The lowest BCUT2D eigenvalue weighted by atomic mass is 10.0. The first-order valence-corrected chi connectivity index (χ1v) is 10.5. The highest BCUT2D eigenvalue weighted by atomic mass is 19.1. The summed E-state index contributed by atoms with van der Waals surface area (Å²) in [6.07, 6.45) is 4.60. The molecule has 0 saturated carbocycles. The first-order chi connectivity index (χ1) is 16.5. The molecule has 1 atom stereocenters. The van der Waals surface area contributed by atoms with E-state index in [-0.39, 0.29) is 11.6 Å². The van der Waals surface area contributed by atoms with Crippen molar-refractivity contribution < 1.29 is 4.39 Å². The molecule has 3 aromatic carbocycles. The van der Waals surface area contributed by atoms with Gasteiger partial charge in [0.25, 0.3) is 0 Å². The minimum Gasteiger partial charge on any atom is -0.405 e. The molecule has 0 amide bonds. The number of allylic oxidation sites excluding steroid dienone is 1. The van der Waals surface area contributed by atoms with Crippen molar-refractivity contribution in [2.45, 2.75) is 13.0 Å². The number of nitrogen functional groups attached to an aromatic ring is 1. The van der Waals surface area contributed by atoms with Crippen LogP contribution in [-0.2, 0) is 0 Å². The number of nitriles is 1. The summed E-state index contributed by atoms with van der Waals surface area (Å²) in [4.78, 5) is 4.69. The lowest BCUT2D eigenvalue weighted by Crippen LogP contribution is -2.12. The third kappa shape index (κ3) is 4.72. The minimum atomic E-state index is -0.508. The summed E-state index contributed by atoms with van der Waals surface area (Å²) >= 11 is 0. The molecule has 0 spiro atoms. The van der Waals surface area contributed by atoms with Gasteiger partial charge in [-0.25, -0.2) is 4.39 Å². The van der Waals surface area contributed by atoms with Gasteiger partial charge in [0, 0.05) is 22.7 Å². The normalized spacial score (nSPS) is 12.6. The number of aliphatic imine (C=N–C) groups is 1. The molecular formula is C25H23FN8. The van der Waals surface area contributed by atoms with E-state index < -0.39 is 5.82 Å². The van der Waals surface area contributed by atoms with Gasteiger partial charge in [0.05, 0.1) is 46.5 Å². The van der Waals surface area contributed by atoms with E-state index in [1.165, 1.54) is 12.3 Å². The van der Waals surface area contributed by atoms with Crippen molar-refractivity contribution in [3.8, 4) is 6.07 Å². The number of rotatable bonds is 7. The van der Waals surface area contributed by atoms with Gasteiger partial charge in [0.15, 0.2) is 0 Å². The summed E-state index contributed by atoms with van der Waals surface area (Å²) < 4.78 is 15.1. The number of hydrazine groups is 1. The number of nitrogens with two attached hydrogens (primary N) is 2. The van der Waals surface area contributed by atoms with Crippen LogP contribution in [0, 0.1) is 17.1 Å². The van der Waals surface area contributed by atoms with E-state index in [4.69, 9.17) is 21.8 Å². The molecular weight excluding hydrogens is 431 g/mol. The second-order valence-corrected chi connectivity index (χ2v) is 7.60. The highest BCUT2D eigenvalue weighted by Crippen LogP contribution is 2.30. The van der Waals surface area contributed by atoms with Crippen molar-refractivity contribution in [1.82, 2.24) is 10.2 Å². The Bertz CT molecular complexity index is 1410. The summed E-state index contributed by atoms with van der Waals surface area (Å²) in [6.45, 7) is 1.89. The number of hydrogen-bond donors (Lipinski definition) is 5. The standard InChI is InChI=1S/C25H23FN8/c1-15(17-4-2-16(13-28)3-5-17)31-22(8-9-27)20-11-24(25(33-29)12-21(20)26)32-19-7-6-18-14-30-34-23(18)10-19/h2-12,14-15,32-33H,27,29H2,1H3,(H,30,34)/b9-8-,31-22?. The average Bonchev–Trinajstić information content (AvgIpc) is 3.32. The Morgan fingerprint density at radius 1 is 1.18 bits per heavy atom. The third-order valence-electron chi connectivity index (χ3n) is 5.37. The van der Waals surface area contributed by atoms with Gasteiger partial charge in [0.2, 0.25) is 0 Å². The molecule has 0 saturated heterocycles. The van der Waals surface area contributed by atoms with E-state index in [1.807, 2.05) is 37.3 Å². The van der Waals surface area contributed by atoms with E-state index in [2.05, 4.69) is 27.0 Å². The van der Waals surface area contributed by atoms with E-state index >= 15 is 4.39 Å². The fourth-order valence-corrected chi connectivity index (χ4v) is 3.58. The third-order valence-corrected chi connectivity index (χ3v) is 5.37. The second kappa shape index (κ2) is 9.85. The molecule has 0 aliphatic carbocycles. The number of nitrogens with one attached hydrogen (secondary N) is 3. The molecule has 4 aromatic rings. The van der Waals surface area contributed by atoms with Crippen LogP contribution in [0.1, 0.15) is 29.7 Å². The fraction of sp³-hybridized carbons (Fsp3) is 0.0800. The number of H-pyrrole nitrogens is 1. The van der Waals surface area contributed by atoms with Gasteiger partial charge in [0.1, 0.15) is 5.82 Å². The number of anilines is 3. The van der Waals surface area contributed by atoms with E-state index in [1.54, 1.807) is 30.5 Å². The van der Waals surface area contributed by atoms with Crippen LogP contribution in [0.2, 0.25) is 0 Å². The first-order valence-electron chi connectivity index (χ1n) is 10.5. The zero-order valence-electron chi connectivity index (χ0n) is 18.4. The topological polar surface area (TPSA) is 141 Å². The number of aromatic amines is 1. The Morgan fingerprint density at radius 3 is 2.68 bits per heavy atom. The number of halogens is 1. The number of fused-ring (bicyclic) bond motifs is 1. The molecule has 1 aromatic heterocycles. The Labute approximate surface area is 195 Å². The molecule has 34 heavy (non-hydrogen) atoms. The smallest absolute Gasteiger partial charge is 0.134 e.